The van der Waals surface area contributed by atoms with E-state index in [0.29, 0.717) is 0 Å². The smallest absolute Gasteiger partial charge is 0.355 e. The van der Waals surface area contributed by atoms with Crippen molar-refractivity contribution in [1.29, 1.82) is 0 Å². The van der Waals surface area contributed by atoms with Crippen molar-refractivity contribution < 1.29 is 13.6 Å². The average Bonchev–Trinajstić information content (AvgIpc) is 2.48. The van der Waals surface area contributed by atoms with Gasteiger partial charge in [0.25, 0.3) is 0 Å². The normalized spacial score (nSPS) is 19.1. The molecule has 0 heterocycles. The molecule has 1 aromatic rings. The van der Waals surface area contributed by atoms with E-state index in [1.54, 1.807) is 0 Å². The molecule has 0 aliphatic heterocycles. The van der Waals surface area contributed by atoms with Gasteiger partial charge < -0.3 is 14.4 Å². The maximum absolute atomic E-state index is 12.9. The minimum atomic E-state index is -3.16. The van der Waals surface area contributed by atoms with Gasteiger partial charge in [-0.1, -0.05) is 37.5 Å². The van der Waals surface area contributed by atoms with Gasteiger partial charge in [0.05, 0.1) is 0 Å². The van der Waals surface area contributed by atoms with Crippen LogP contribution in [0.3, 0.4) is 0 Å². The molecule has 0 spiro atoms. The van der Waals surface area contributed by atoms with Crippen molar-refractivity contribution in [3.05, 3.63) is 30.3 Å². The molecule has 5 heteroatoms. The van der Waals surface area contributed by atoms with Crippen molar-refractivity contribution in [3.63, 3.8) is 0 Å². The van der Waals surface area contributed by atoms with E-state index in [-0.39, 0.29) is 0 Å². The Morgan fingerprint density at radius 2 is 1.63 bits per heavy atom. The number of hydrogen-bond acceptors (Lipinski definition) is 4. The zero-order chi connectivity index (χ0) is 13.8. The second-order valence-corrected chi connectivity index (χ2v) is 7.53. The van der Waals surface area contributed by atoms with Crippen LogP contribution in [0.1, 0.15) is 32.1 Å². The monoisotopic (exact) mass is 283 g/mol. The number of benzene rings is 1. The van der Waals surface area contributed by atoms with E-state index in [4.69, 9.17) is 9.05 Å². The molecule has 1 fully saturated rings. The van der Waals surface area contributed by atoms with Crippen LogP contribution in [-0.4, -0.2) is 19.5 Å². The highest BCUT2D eigenvalue weighted by atomic mass is 31.2. The van der Waals surface area contributed by atoms with E-state index in [2.05, 4.69) is 5.32 Å². The van der Waals surface area contributed by atoms with Gasteiger partial charge in [0, 0.05) is 19.9 Å². The quantitative estimate of drug-likeness (QED) is 0.821. The Balaban J connectivity index is 2.32. The van der Waals surface area contributed by atoms with E-state index in [9.17, 15) is 4.57 Å². The molecule has 0 aromatic heterocycles. The van der Waals surface area contributed by atoms with E-state index in [1.165, 1.54) is 20.6 Å². The molecule has 4 nitrogen and oxygen atoms in total. The third kappa shape index (κ3) is 2.86. The third-order valence-corrected chi connectivity index (χ3v) is 6.41. The Morgan fingerprint density at radius 3 is 2.16 bits per heavy atom. The Kier molecular flexibility index (Phi) is 4.67. The molecule has 0 saturated heterocycles. The summed E-state index contributed by atoms with van der Waals surface area (Å²) < 4.78 is 23.5. The van der Waals surface area contributed by atoms with Crippen molar-refractivity contribution in [1.82, 2.24) is 0 Å². The molecule has 1 aliphatic carbocycles. The molecule has 1 aliphatic rings. The summed E-state index contributed by atoms with van der Waals surface area (Å²) in [6.07, 6.45) is 4.86. The second-order valence-electron chi connectivity index (χ2n) is 4.95. The van der Waals surface area contributed by atoms with Crippen molar-refractivity contribution >= 4 is 13.3 Å². The summed E-state index contributed by atoms with van der Waals surface area (Å²) in [5.41, 5.74) is 0.957. The summed E-state index contributed by atoms with van der Waals surface area (Å²) >= 11 is 0. The Hall–Kier alpha value is -0.830. The van der Waals surface area contributed by atoms with Crippen LogP contribution in [0.25, 0.3) is 0 Å². The molecule has 0 unspecified atom stereocenters. The first-order chi connectivity index (χ1) is 9.16. The summed E-state index contributed by atoms with van der Waals surface area (Å²) in [7, 11) is -0.233. The fourth-order valence-corrected chi connectivity index (χ4v) is 4.80. The number of nitrogens with one attached hydrogen (secondary N) is 1. The molecule has 1 aromatic carbocycles. The highest BCUT2D eigenvalue weighted by Crippen LogP contribution is 2.63. The molecular weight excluding hydrogens is 261 g/mol. The van der Waals surface area contributed by atoms with E-state index in [1.807, 2.05) is 30.3 Å². The van der Waals surface area contributed by atoms with Crippen LogP contribution in [0.15, 0.2) is 30.3 Å². The first-order valence-electron chi connectivity index (χ1n) is 6.71. The third-order valence-electron chi connectivity index (χ3n) is 3.84. The molecule has 0 radical (unpaired) electrons. The maximum atomic E-state index is 12.9. The molecule has 2 rings (SSSR count). The summed E-state index contributed by atoms with van der Waals surface area (Å²) in [4.78, 5) is 0. The minimum Gasteiger partial charge on any atom is -0.369 e. The number of para-hydroxylation sites is 1. The largest absolute Gasteiger partial charge is 0.369 e. The molecule has 1 N–H and O–H groups in total. The topological polar surface area (TPSA) is 47.6 Å². The Morgan fingerprint density at radius 1 is 1.05 bits per heavy atom. The predicted octanol–water partition coefficient (Wildman–Crippen LogP) is 4.24. The molecule has 0 amide bonds. The minimum absolute atomic E-state index is 0.601. The molecule has 106 valence electrons. The lowest BCUT2D eigenvalue weighted by atomic mass is 9.94. The summed E-state index contributed by atoms with van der Waals surface area (Å²) in [6, 6.07) is 9.84. The van der Waals surface area contributed by atoms with Gasteiger partial charge in [-0.15, -0.1) is 0 Å². The van der Waals surface area contributed by atoms with Gasteiger partial charge in [-0.05, 0) is 25.0 Å². The first-order valence-corrected chi connectivity index (χ1v) is 8.25. The average molecular weight is 283 g/mol. The number of hydrogen-bond donors (Lipinski definition) is 1. The van der Waals surface area contributed by atoms with Gasteiger partial charge in [0.15, 0.2) is 0 Å². The van der Waals surface area contributed by atoms with Crippen molar-refractivity contribution in [2.75, 3.05) is 19.5 Å². The van der Waals surface area contributed by atoms with Crippen LogP contribution in [-0.2, 0) is 13.6 Å². The second kappa shape index (κ2) is 6.08. The zero-order valence-electron chi connectivity index (χ0n) is 11.6. The first kappa shape index (κ1) is 14.6. The number of rotatable bonds is 5. The Labute approximate surface area is 115 Å². The van der Waals surface area contributed by atoms with Gasteiger partial charge in [-0.25, -0.2) is 0 Å². The van der Waals surface area contributed by atoms with Gasteiger partial charge in [-0.2, -0.15) is 0 Å². The van der Waals surface area contributed by atoms with Gasteiger partial charge in [0.1, 0.15) is 5.28 Å². The van der Waals surface area contributed by atoms with Crippen LogP contribution in [0, 0.1) is 0 Å². The SMILES string of the molecule is COP(=O)(OC)C1(Nc2ccccc2)CCCCC1. The summed E-state index contributed by atoms with van der Waals surface area (Å²) in [5.74, 6) is 0. The summed E-state index contributed by atoms with van der Waals surface area (Å²) in [5, 5.41) is 2.82. The zero-order valence-corrected chi connectivity index (χ0v) is 12.5. The molecule has 19 heavy (non-hydrogen) atoms. The number of anilines is 1. The van der Waals surface area contributed by atoms with Crippen LogP contribution in [0.5, 0.6) is 0 Å². The lowest BCUT2D eigenvalue weighted by Crippen LogP contribution is -2.41. The fraction of sp³-hybridized carbons (Fsp3) is 0.571. The predicted molar refractivity (Wildman–Crippen MR) is 77.5 cm³/mol. The van der Waals surface area contributed by atoms with Gasteiger partial charge in [0.2, 0.25) is 0 Å². The van der Waals surface area contributed by atoms with E-state index < -0.39 is 12.9 Å². The Bertz CT molecular complexity index is 435. The molecular formula is C14H22NO3P. The van der Waals surface area contributed by atoms with Crippen molar-refractivity contribution in [2.45, 2.75) is 37.4 Å². The highest BCUT2D eigenvalue weighted by Gasteiger charge is 2.50. The van der Waals surface area contributed by atoms with Crippen LogP contribution < -0.4 is 5.32 Å². The van der Waals surface area contributed by atoms with Gasteiger partial charge >= 0.3 is 7.60 Å². The van der Waals surface area contributed by atoms with Crippen LogP contribution in [0.2, 0.25) is 0 Å². The standard InChI is InChI=1S/C14H22NO3P/c1-17-19(16,18-2)14(11-7-4-8-12-14)15-13-9-5-3-6-10-13/h3,5-6,9-10,15H,4,7-8,11-12H2,1-2H3. The maximum Gasteiger partial charge on any atom is 0.355 e. The fourth-order valence-electron chi connectivity index (χ4n) is 2.82. The molecule has 1 saturated carbocycles. The van der Waals surface area contributed by atoms with E-state index in [0.717, 1.165) is 31.4 Å². The van der Waals surface area contributed by atoms with Crippen LogP contribution in [0.4, 0.5) is 5.69 Å². The van der Waals surface area contributed by atoms with Gasteiger partial charge in [-0.3, -0.25) is 4.57 Å². The lowest BCUT2D eigenvalue weighted by molar-refractivity contribution is 0.231. The van der Waals surface area contributed by atoms with Crippen LogP contribution >= 0.6 is 7.60 Å². The van der Waals surface area contributed by atoms with Crippen molar-refractivity contribution in [3.8, 4) is 0 Å². The van der Waals surface area contributed by atoms with Crippen molar-refractivity contribution in [2.24, 2.45) is 0 Å². The highest BCUT2D eigenvalue weighted by molar-refractivity contribution is 7.55. The molecule has 0 atom stereocenters. The van der Waals surface area contributed by atoms with E-state index >= 15 is 0 Å². The summed E-state index contributed by atoms with van der Waals surface area (Å²) in [6.45, 7) is 0. The lowest BCUT2D eigenvalue weighted by Gasteiger charge is -2.41. The molecule has 0 bridgehead atoms.